The molecule has 2 N–H and O–H groups in total. The second kappa shape index (κ2) is 3.98. The quantitative estimate of drug-likeness (QED) is 0.599. The van der Waals surface area contributed by atoms with Crippen LogP contribution < -0.4 is 0 Å². The number of benzene rings is 1. The number of ketones is 1. The molecule has 1 aromatic carbocycles. The predicted octanol–water partition coefficient (Wildman–Crippen LogP) is 1.39. The number of aliphatic carboxylic acids is 1. The molecule has 0 aliphatic rings. The summed E-state index contributed by atoms with van der Waals surface area (Å²) in [5.74, 6) is -1.49. The van der Waals surface area contributed by atoms with Gasteiger partial charge in [-0.3, -0.25) is 4.79 Å². The van der Waals surface area contributed by atoms with E-state index in [9.17, 15) is 9.59 Å². The van der Waals surface area contributed by atoms with E-state index in [1.807, 2.05) is 0 Å². The molecule has 2 aromatic rings. The monoisotopic (exact) mass is 216 g/mol. The van der Waals surface area contributed by atoms with Gasteiger partial charge in [0.2, 0.25) is 0 Å². The highest BCUT2D eigenvalue weighted by Gasteiger charge is 2.04. The Morgan fingerprint density at radius 3 is 2.88 bits per heavy atom. The fourth-order valence-electron chi connectivity index (χ4n) is 1.33. The largest absolute Gasteiger partial charge is 0.478 e. The van der Waals surface area contributed by atoms with Gasteiger partial charge in [-0.15, -0.1) is 0 Å². The molecular formula is C11H8N2O3. The molecule has 1 heterocycles. The fraction of sp³-hybridized carbons (Fsp3) is 0. The number of nitrogens with zero attached hydrogens (tertiary/aromatic N) is 1. The summed E-state index contributed by atoms with van der Waals surface area (Å²) < 4.78 is 0. The second-order valence-electron chi connectivity index (χ2n) is 3.17. The summed E-state index contributed by atoms with van der Waals surface area (Å²) >= 11 is 0. The molecule has 0 aliphatic heterocycles. The summed E-state index contributed by atoms with van der Waals surface area (Å²) in [7, 11) is 0. The van der Waals surface area contributed by atoms with Crippen molar-refractivity contribution in [3.05, 3.63) is 42.2 Å². The lowest BCUT2D eigenvalue weighted by atomic mass is 10.1. The van der Waals surface area contributed by atoms with Crippen molar-refractivity contribution in [3.8, 4) is 0 Å². The molecule has 5 nitrogen and oxygen atoms in total. The van der Waals surface area contributed by atoms with Crippen LogP contribution in [0.4, 0.5) is 0 Å². The van der Waals surface area contributed by atoms with Gasteiger partial charge in [-0.25, -0.2) is 9.78 Å². The zero-order valence-corrected chi connectivity index (χ0v) is 8.18. The van der Waals surface area contributed by atoms with Crippen molar-refractivity contribution in [2.24, 2.45) is 0 Å². The SMILES string of the molecule is O=C(O)/C=C/C(=O)c1ccc2nc[nH]c2c1. The van der Waals surface area contributed by atoms with Gasteiger partial charge in [-0.2, -0.15) is 0 Å². The summed E-state index contributed by atoms with van der Waals surface area (Å²) in [6.45, 7) is 0. The van der Waals surface area contributed by atoms with Crippen molar-refractivity contribution >= 4 is 22.8 Å². The van der Waals surface area contributed by atoms with Gasteiger partial charge in [0.25, 0.3) is 0 Å². The number of aromatic amines is 1. The number of nitrogens with one attached hydrogen (secondary N) is 1. The minimum Gasteiger partial charge on any atom is -0.478 e. The Hall–Kier alpha value is -2.43. The third-order valence-corrected chi connectivity index (χ3v) is 2.08. The Labute approximate surface area is 90.4 Å². The summed E-state index contributed by atoms with van der Waals surface area (Å²) in [6, 6.07) is 4.95. The zero-order valence-electron chi connectivity index (χ0n) is 8.18. The summed E-state index contributed by atoms with van der Waals surface area (Å²) in [6.07, 6.45) is 3.38. The van der Waals surface area contributed by atoms with Gasteiger partial charge >= 0.3 is 5.97 Å². The minimum absolute atomic E-state index is 0.348. The van der Waals surface area contributed by atoms with Crippen LogP contribution in [0.1, 0.15) is 10.4 Å². The lowest BCUT2D eigenvalue weighted by Gasteiger charge is -1.95. The average Bonchev–Trinajstić information content (AvgIpc) is 2.72. The van der Waals surface area contributed by atoms with Crippen molar-refractivity contribution in [1.82, 2.24) is 9.97 Å². The van der Waals surface area contributed by atoms with E-state index in [4.69, 9.17) is 5.11 Å². The van der Waals surface area contributed by atoms with Gasteiger partial charge in [0.1, 0.15) is 0 Å². The van der Waals surface area contributed by atoms with E-state index in [1.54, 1.807) is 18.2 Å². The van der Waals surface area contributed by atoms with E-state index in [0.717, 1.165) is 23.2 Å². The standard InChI is InChI=1S/C11H8N2O3/c14-10(3-4-11(15)16)7-1-2-8-9(5-7)13-6-12-8/h1-6H,(H,12,13)(H,15,16)/b4-3+. The molecule has 0 bridgehead atoms. The third kappa shape index (κ3) is 1.98. The molecule has 2 rings (SSSR count). The van der Waals surface area contributed by atoms with E-state index < -0.39 is 5.97 Å². The molecule has 0 atom stereocenters. The Balaban J connectivity index is 2.32. The number of imidazole rings is 1. The fourth-order valence-corrected chi connectivity index (χ4v) is 1.33. The number of carboxylic acids is 1. The van der Waals surface area contributed by atoms with Crippen LogP contribution in [-0.2, 0) is 4.79 Å². The van der Waals surface area contributed by atoms with E-state index in [0.29, 0.717) is 5.56 Å². The summed E-state index contributed by atoms with van der Waals surface area (Å²) in [4.78, 5) is 28.7. The van der Waals surface area contributed by atoms with Crippen LogP contribution in [0.2, 0.25) is 0 Å². The zero-order chi connectivity index (χ0) is 11.5. The van der Waals surface area contributed by atoms with E-state index in [1.165, 1.54) is 6.33 Å². The number of hydrogen-bond donors (Lipinski definition) is 2. The number of fused-ring (bicyclic) bond motifs is 1. The van der Waals surface area contributed by atoms with Crippen LogP contribution >= 0.6 is 0 Å². The lowest BCUT2D eigenvalue weighted by Crippen LogP contribution is -1.96. The Morgan fingerprint density at radius 2 is 2.12 bits per heavy atom. The van der Waals surface area contributed by atoms with Crippen LogP contribution in [0.5, 0.6) is 0 Å². The topological polar surface area (TPSA) is 83.0 Å². The smallest absolute Gasteiger partial charge is 0.328 e. The first-order valence-corrected chi connectivity index (χ1v) is 4.55. The molecule has 16 heavy (non-hydrogen) atoms. The van der Waals surface area contributed by atoms with Gasteiger partial charge in [-0.05, 0) is 24.3 Å². The van der Waals surface area contributed by atoms with Gasteiger partial charge < -0.3 is 10.1 Å². The highest BCUT2D eigenvalue weighted by Crippen LogP contribution is 2.12. The van der Waals surface area contributed by atoms with E-state index in [2.05, 4.69) is 9.97 Å². The van der Waals surface area contributed by atoms with Crippen LogP contribution in [0.25, 0.3) is 11.0 Å². The number of H-pyrrole nitrogens is 1. The number of carbonyl (C=O) groups excluding carboxylic acids is 1. The van der Waals surface area contributed by atoms with Crippen LogP contribution in [-0.4, -0.2) is 26.8 Å². The predicted molar refractivity (Wildman–Crippen MR) is 57.2 cm³/mol. The number of carbonyl (C=O) groups is 2. The van der Waals surface area contributed by atoms with Crippen LogP contribution in [0.15, 0.2) is 36.7 Å². The molecule has 0 fully saturated rings. The molecule has 5 heteroatoms. The molecule has 1 aromatic heterocycles. The van der Waals surface area contributed by atoms with Gasteiger partial charge in [-0.1, -0.05) is 0 Å². The molecule has 0 amide bonds. The van der Waals surface area contributed by atoms with Crippen molar-refractivity contribution in [2.45, 2.75) is 0 Å². The molecule has 0 saturated heterocycles. The Bertz CT molecular complexity index is 584. The lowest BCUT2D eigenvalue weighted by molar-refractivity contribution is -0.131. The first-order valence-electron chi connectivity index (χ1n) is 4.55. The Morgan fingerprint density at radius 1 is 1.31 bits per heavy atom. The van der Waals surface area contributed by atoms with Gasteiger partial charge in [0, 0.05) is 11.6 Å². The maximum absolute atomic E-state index is 11.5. The van der Waals surface area contributed by atoms with E-state index >= 15 is 0 Å². The van der Waals surface area contributed by atoms with Crippen LogP contribution in [0.3, 0.4) is 0 Å². The minimum atomic E-state index is -1.14. The third-order valence-electron chi connectivity index (χ3n) is 2.08. The Kier molecular flexibility index (Phi) is 2.51. The maximum atomic E-state index is 11.5. The normalized spacial score (nSPS) is 11.0. The molecule has 0 saturated carbocycles. The van der Waals surface area contributed by atoms with Gasteiger partial charge in [0.05, 0.1) is 17.4 Å². The number of rotatable bonds is 3. The van der Waals surface area contributed by atoms with Crippen molar-refractivity contribution in [1.29, 1.82) is 0 Å². The van der Waals surface area contributed by atoms with Crippen molar-refractivity contribution < 1.29 is 14.7 Å². The number of aromatic nitrogens is 2. The highest BCUT2D eigenvalue weighted by molar-refractivity contribution is 6.08. The number of allylic oxidation sites excluding steroid dienone is 1. The average molecular weight is 216 g/mol. The molecule has 0 radical (unpaired) electrons. The number of hydrogen-bond acceptors (Lipinski definition) is 3. The molecular weight excluding hydrogens is 208 g/mol. The number of carboxylic acid groups (broad SMARTS) is 1. The van der Waals surface area contributed by atoms with Crippen LogP contribution in [0, 0.1) is 0 Å². The molecule has 0 spiro atoms. The van der Waals surface area contributed by atoms with Crippen molar-refractivity contribution in [3.63, 3.8) is 0 Å². The maximum Gasteiger partial charge on any atom is 0.328 e. The first-order chi connectivity index (χ1) is 7.66. The summed E-state index contributed by atoms with van der Waals surface area (Å²) in [5, 5.41) is 8.39. The first kappa shape index (κ1) is 10.1. The highest BCUT2D eigenvalue weighted by atomic mass is 16.4. The second-order valence-corrected chi connectivity index (χ2v) is 3.17. The molecule has 80 valence electrons. The molecule has 0 unspecified atom stereocenters. The van der Waals surface area contributed by atoms with E-state index in [-0.39, 0.29) is 5.78 Å². The van der Waals surface area contributed by atoms with Crippen molar-refractivity contribution in [2.75, 3.05) is 0 Å². The van der Waals surface area contributed by atoms with Gasteiger partial charge in [0.15, 0.2) is 5.78 Å². The molecule has 0 aliphatic carbocycles. The summed E-state index contributed by atoms with van der Waals surface area (Å²) in [5.41, 5.74) is 1.93.